The second-order valence-electron chi connectivity index (χ2n) is 5.98. The minimum absolute atomic E-state index is 0.0946. The summed E-state index contributed by atoms with van der Waals surface area (Å²) in [6.07, 6.45) is 3.23. The van der Waals surface area contributed by atoms with Gasteiger partial charge in [0.25, 0.3) is 0 Å². The molecule has 0 aliphatic carbocycles. The Bertz CT molecular complexity index is 497. The van der Waals surface area contributed by atoms with E-state index in [0.717, 1.165) is 24.3 Å². The molecule has 1 atom stereocenters. The Balaban J connectivity index is 2.24. The highest BCUT2D eigenvalue weighted by Crippen LogP contribution is 2.38. The molecular weight excluding hydrogens is 314 g/mol. The fourth-order valence-electron chi connectivity index (χ4n) is 3.12. The second-order valence-corrected chi connectivity index (χ2v) is 6.39. The molecular formula is C18H28ClNO3. The molecule has 0 amide bonds. The molecule has 5 heteroatoms. The SMILES string of the molecule is CCOC(OCC)C(C)c1cc(Cl)c(N2CCCCC2)cc1O. The van der Waals surface area contributed by atoms with Gasteiger partial charge >= 0.3 is 0 Å². The number of aromatic hydroxyl groups is 1. The van der Waals surface area contributed by atoms with E-state index in [1.54, 1.807) is 6.07 Å². The molecule has 1 fully saturated rings. The van der Waals surface area contributed by atoms with Crippen molar-refractivity contribution in [1.82, 2.24) is 0 Å². The molecule has 1 N–H and O–H groups in total. The topological polar surface area (TPSA) is 41.9 Å². The number of phenols is 1. The van der Waals surface area contributed by atoms with Crippen LogP contribution in [0.2, 0.25) is 5.02 Å². The Labute approximate surface area is 144 Å². The first-order valence-corrected chi connectivity index (χ1v) is 8.96. The number of piperidine rings is 1. The Morgan fingerprint density at radius 2 is 1.74 bits per heavy atom. The van der Waals surface area contributed by atoms with Crippen LogP contribution in [0.15, 0.2) is 12.1 Å². The normalized spacial score (nSPS) is 16.8. The van der Waals surface area contributed by atoms with E-state index in [1.165, 1.54) is 19.3 Å². The monoisotopic (exact) mass is 341 g/mol. The molecule has 1 aromatic carbocycles. The van der Waals surface area contributed by atoms with Crippen molar-refractivity contribution >= 4 is 17.3 Å². The van der Waals surface area contributed by atoms with Gasteiger partial charge < -0.3 is 19.5 Å². The van der Waals surface area contributed by atoms with E-state index < -0.39 is 0 Å². The summed E-state index contributed by atoms with van der Waals surface area (Å²) in [5, 5.41) is 11.2. The summed E-state index contributed by atoms with van der Waals surface area (Å²) in [4.78, 5) is 2.25. The third-order valence-corrected chi connectivity index (χ3v) is 4.66. The maximum Gasteiger partial charge on any atom is 0.164 e. The van der Waals surface area contributed by atoms with Gasteiger partial charge in [0.15, 0.2) is 6.29 Å². The largest absolute Gasteiger partial charge is 0.508 e. The van der Waals surface area contributed by atoms with Gasteiger partial charge in [-0.2, -0.15) is 0 Å². The number of hydrogen-bond donors (Lipinski definition) is 1. The van der Waals surface area contributed by atoms with Crippen LogP contribution in [0.4, 0.5) is 5.69 Å². The van der Waals surface area contributed by atoms with Crippen molar-refractivity contribution in [3.8, 4) is 5.75 Å². The number of halogens is 1. The van der Waals surface area contributed by atoms with Crippen LogP contribution in [-0.4, -0.2) is 37.7 Å². The van der Waals surface area contributed by atoms with Crippen molar-refractivity contribution in [2.45, 2.75) is 52.2 Å². The first-order chi connectivity index (χ1) is 11.1. The Kier molecular flexibility index (Phi) is 7.00. The molecule has 0 aromatic heterocycles. The fraction of sp³-hybridized carbons (Fsp3) is 0.667. The standard InChI is InChI=1S/C18H28ClNO3/c1-4-22-18(23-5-2)13(3)14-11-15(19)16(12-17(14)21)20-9-7-6-8-10-20/h11-13,18,21H,4-10H2,1-3H3. The summed E-state index contributed by atoms with van der Waals surface area (Å²) in [5.41, 5.74) is 1.69. The first-order valence-electron chi connectivity index (χ1n) is 8.59. The molecule has 1 unspecified atom stereocenters. The van der Waals surface area contributed by atoms with Crippen LogP contribution in [0, 0.1) is 0 Å². The van der Waals surface area contributed by atoms with Crippen LogP contribution in [0.5, 0.6) is 5.75 Å². The molecule has 130 valence electrons. The molecule has 1 heterocycles. The number of ether oxygens (including phenoxy) is 2. The highest BCUT2D eigenvalue weighted by Gasteiger charge is 2.25. The molecule has 1 aliphatic rings. The predicted octanol–water partition coefficient (Wildman–Crippen LogP) is 4.54. The lowest BCUT2D eigenvalue weighted by Crippen LogP contribution is -2.29. The first kappa shape index (κ1) is 18.4. The van der Waals surface area contributed by atoms with Crippen LogP contribution in [-0.2, 0) is 9.47 Å². The molecule has 0 radical (unpaired) electrons. The smallest absolute Gasteiger partial charge is 0.164 e. The second kappa shape index (κ2) is 8.76. The maximum atomic E-state index is 10.5. The lowest BCUT2D eigenvalue weighted by Gasteiger charge is -2.31. The Morgan fingerprint density at radius 3 is 2.30 bits per heavy atom. The maximum absolute atomic E-state index is 10.5. The zero-order chi connectivity index (χ0) is 16.8. The quantitative estimate of drug-likeness (QED) is 0.739. The number of rotatable bonds is 7. The Hall–Kier alpha value is -0.970. The van der Waals surface area contributed by atoms with E-state index in [4.69, 9.17) is 21.1 Å². The average molecular weight is 342 g/mol. The van der Waals surface area contributed by atoms with E-state index in [9.17, 15) is 5.11 Å². The number of hydrogen-bond acceptors (Lipinski definition) is 4. The van der Waals surface area contributed by atoms with Crippen LogP contribution >= 0.6 is 11.6 Å². The van der Waals surface area contributed by atoms with Crippen LogP contribution in [0.1, 0.15) is 51.5 Å². The predicted molar refractivity (Wildman–Crippen MR) is 94.6 cm³/mol. The van der Waals surface area contributed by atoms with E-state index in [1.807, 2.05) is 26.8 Å². The fourth-order valence-corrected chi connectivity index (χ4v) is 3.41. The van der Waals surface area contributed by atoms with E-state index >= 15 is 0 Å². The molecule has 1 aliphatic heterocycles. The molecule has 2 rings (SSSR count). The number of anilines is 1. The van der Waals surface area contributed by atoms with Gasteiger partial charge in [-0.3, -0.25) is 0 Å². The molecule has 0 saturated carbocycles. The summed E-state index contributed by atoms with van der Waals surface area (Å²) >= 11 is 6.50. The van der Waals surface area contributed by atoms with Gasteiger partial charge in [0.05, 0.1) is 10.7 Å². The van der Waals surface area contributed by atoms with Crippen molar-refractivity contribution in [2.24, 2.45) is 0 Å². The number of nitrogens with zero attached hydrogens (tertiary/aromatic N) is 1. The van der Waals surface area contributed by atoms with E-state index in [-0.39, 0.29) is 18.0 Å². The zero-order valence-electron chi connectivity index (χ0n) is 14.3. The van der Waals surface area contributed by atoms with E-state index in [0.29, 0.717) is 18.2 Å². The highest BCUT2D eigenvalue weighted by molar-refractivity contribution is 6.33. The third-order valence-electron chi connectivity index (χ3n) is 4.35. The lowest BCUT2D eigenvalue weighted by atomic mass is 9.98. The molecule has 4 nitrogen and oxygen atoms in total. The van der Waals surface area contributed by atoms with Gasteiger partial charge in [-0.05, 0) is 39.2 Å². The molecule has 0 spiro atoms. The van der Waals surface area contributed by atoms with Crippen LogP contribution < -0.4 is 4.90 Å². The van der Waals surface area contributed by atoms with Gasteiger partial charge in [0.2, 0.25) is 0 Å². The molecule has 0 bridgehead atoms. The third kappa shape index (κ3) is 4.52. The summed E-state index contributed by atoms with van der Waals surface area (Å²) in [7, 11) is 0. The summed E-state index contributed by atoms with van der Waals surface area (Å²) in [6.45, 7) is 8.98. The van der Waals surface area contributed by atoms with Gasteiger partial charge in [0.1, 0.15) is 5.75 Å². The van der Waals surface area contributed by atoms with Crippen molar-refractivity contribution in [1.29, 1.82) is 0 Å². The summed E-state index contributed by atoms with van der Waals surface area (Å²) in [5.74, 6) is 0.162. The molecule has 23 heavy (non-hydrogen) atoms. The summed E-state index contributed by atoms with van der Waals surface area (Å²) < 4.78 is 11.3. The minimum Gasteiger partial charge on any atom is -0.508 e. The van der Waals surface area contributed by atoms with Crippen molar-refractivity contribution < 1.29 is 14.6 Å². The average Bonchev–Trinajstić information content (AvgIpc) is 2.56. The lowest BCUT2D eigenvalue weighted by molar-refractivity contribution is -0.147. The van der Waals surface area contributed by atoms with Crippen molar-refractivity contribution in [3.63, 3.8) is 0 Å². The van der Waals surface area contributed by atoms with Crippen molar-refractivity contribution in [2.75, 3.05) is 31.2 Å². The van der Waals surface area contributed by atoms with Gasteiger partial charge in [-0.15, -0.1) is 0 Å². The van der Waals surface area contributed by atoms with Gasteiger partial charge in [-0.1, -0.05) is 18.5 Å². The number of phenolic OH excluding ortho intramolecular Hbond substituents is 1. The minimum atomic E-state index is -0.382. The molecule has 1 saturated heterocycles. The zero-order valence-corrected chi connectivity index (χ0v) is 15.1. The number of benzene rings is 1. The van der Waals surface area contributed by atoms with E-state index in [2.05, 4.69) is 4.90 Å². The van der Waals surface area contributed by atoms with Crippen molar-refractivity contribution in [3.05, 3.63) is 22.7 Å². The Morgan fingerprint density at radius 1 is 1.13 bits per heavy atom. The van der Waals surface area contributed by atoms with Gasteiger partial charge in [-0.25, -0.2) is 0 Å². The molecule has 1 aromatic rings. The van der Waals surface area contributed by atoms with Gasteiger partial charge in [0, 0.05) is 43.9 Å². The van der Waals surface area contributed by atoms with Crippen LogP contribution in [0.25, 0.3) is 0 Å². The van der Waals surface area contributed by atoms with Crippen LogP contribution in [0.3, 0.4) is 0 Å². The highest BCUT2D eigenvalue weighted by atomic mass is 35.5. The summed E-state index contributed by atoms with van der Waals surface area (Å²) in [6, 6.07) is 3.64.